The zero-order valence-electron chi connectivity index (χ0n) is 4.85. The molecule has 0 saturated carbocycles. The third kappa shape index (κ3) is 0.623. The summed E-state index contributed by atoms with van der Waals surface area (Å²) in [6.07, 6.45) is 2.99. The van der Waals surface area contributed by atoms with Gasteiger partial charge in [-0.25, -0.2) is 4.98 Å². The summed E-state index contributed by atoms with van der Waals surface area (Å²) in [5, 5.41) is 10.2. The summed E-state index contributed by atoms with van der Waals surface area (Å²) < 4.78 is 1.96. The second-order valence-electron chi connectivity index (χ2n) is 1.71. The molecule has 0 aromatic carbocycles. The van der Waals surface area contributed by atoms with Gasteiger partial charge in [-0.3, -0.25) is 5.10 Å². The Kier molecular flexibility index (Phi) is 1.01. The smallest absolute Gasteiger partial charge is 0.216 e. The van der Waals surface area contributed by atoms with Gasteiger partial charge >= 0.3 is 0 Å². The molecular weight excluding hydrogens is 150 g/mol. The molecule has 0 spiro atoms. The van der Waals surface area contributed by atoms with E-state index in [0.29, 0.717) is 10.4 Å². The first kappa shape index (κ1) is 5.48. The van der Waals surface area contributed by atoms with Gasteiger partial charge in [-0.1, -0.05) is 0 Å². The lowest BCUT2D eigenvalue weighted by molar-refractivity contribution is 0.843. The molecule has 2 heterocycles. The largest absolute Gasteiger partial charge is 0.252 e. The molecule has 0 unspecified atom stereocenters. The monoisotopic (exact) mass is 153 g/mol. The molecule has 2 aromatic rings. The lowest BCUT2D eigenvalue weighted by Gasteiger charge is -1.86. The van der Waals surface area contributed by atoms with Crippen molar-refractivity contribution < 1.29 is 0 Å². The fourth-order valence-corrected chi connectivity index (χ4v) is 0.881. The summed E-state index contributed by atoms with van der Waals surface area (Å²) in [6.45, 7) is 0. The van der Waals surface area contributed by atoms with Crippen molar-refractivity contribution in [2.24, 2.45) is 0 Å². The van der Waals surface area contributed by atoms with Crippen molar-refractivity contribution in [3.8, 4) is 0 Å². The van der Waals surface area contributed by atoms with E-state index in [9.17, 15) is 0 Å². The van der Waals surface area contributed by atoms with Crippen LogP contribution in [0, 0.1) is 4.77 Å². The molecular formula is C4H3N5S. The van der Waals surface area contributed by atoms with Gasteiger partial charge in [-0.15, -0.1) is 0 Å². The van der Waals surface area contributed by atoms with Crippen LogP contribution in [0.5, 0.6) is 0 Å². The Hall–Kier alpha value is -1.30. The first-order valence-corrected chi connectivity index (χ1v) is 3.02. The maximum atomic E-state index is 4.85. The number of fused-ring (bicyclic) bond motifs is 1. The zero-order chi connectivity index (χ0) is 6.97. The Morgan fingerprint density at radius 1 is 1.60 bits per heavy atom. The zero-order valence-corrected chi connectivity index (χ0v) is 5.67. The molecule has 1 N–H and O–H groups in total. The van der Waals surface area contributed by atoms with Gasteiger partial charge in [-0.2, -0.15) is 14.7 Å². The molecule has 5 nitrogen and oxygen atoms in total. The van der Waals surface area contributed by atoms with Crippen LogP contribution in [0.15, 0.2) is 12.5 Å². The topological polar surface area (TPSA) is 58.9 Å². The van der Waals surface area contributed by atoms with Crippen LogP contribution in [0.25, 0.3) is 5.65 Å². The Morgan fingerprint density at radius 3 is 3.30 bits per heavy atom. The first-order chi connectivity index (χ1) is 4.88. The van der Waals surface area contributed by atoms with E-state index >= 15 is 0 Å². The molecule has 0 aliphatic heterocycles. The van der Waals surface area contributed by atoms with Gasteiger partial charge in [0.1, 0.15) is 6.33 Å². The van der Waals surface area contributed by atoms with E-state index in [1.165, 1.54) is 10.8 Å². The van der Waals surface area contributed by atoms with Gasteiger partial charge in [0.25, 0.3) is 0 Å². The second-order valence-corrected chi connectivity index (χ2v) is 2.09. The highest BCUT2D eigenvalue weighted by atomic mass is 32.1. The Labute approximate surface area is 60.7 Å². The van der Waals surface area contributed by atoms with Gasteiger partial charge in [-0.05, 0) is 12.2 Å². The predicted molar refractivity (Wildman–Crippen MR) is 36.0 cm³/mol. The highest BCUT2D eigenvalue weighted by molar-refractivity contribution is 7.71. The number of hydrogen-bond acceptors (Lipinski definition) is 4. The molecule has 6 heteroatoms. The normalized spacial score (nSPS) is 10.4. The maximum absolute atomic E-state index is 4.85. The summed E-state index contributed by atoms with van der Waals surface area (Å²) in [5.41, 5.74) is 0.656. The molecule has 2 aromatic heterocycles. The standard InChI is InChI=1S/C4H3N5S/c10-4-8-6-1-3-5-2-7-9(3)4/h1-2H,(H,8,10). The first-order valence-electron chi connectivity index (χ1n) is 2.61. The molecule has 10 heavy (non-hydrogen) atoms. The average molecular weight is 153 g/mol. The number of aromatic amines is 1. The third-order valence-electron chi connectivity index (χ3n) is 1.11. The number of H-pyrrole nitrogens is 1. The van der Waals surface area contributed by atoms with Crippen LogP contribution in [-0.2, 0) is 0 Å². The van der Waals surface area contributed by atoms with Gasteiger partial charge < -0.3 is 0 Å². The van der Waals surface area contributed by atoms with Crippen molar-refractivity contribution in [3.05, 3.63) is 17.3 Å². The summed E-state index contributed by atoms with van der Waals surface area (Å²) in [4.78, 5) is 3.88. The minimum absolute atomic E-state index is 0.454. The quantitative estimate of drug-likeness (QED) is 0.548. The van der Waals surface area contributed by atoms with Gasteiger partial charge in [0.15, 0.2) is 5.65 Å². The molecule has 0 bridgehead atoms. The van der Waals surface area contributed by atoms with E-state index in [1.54, 1.807) is 6.20 Å². The second kappa shape index (κ2) is 1.84. The highest BCUT2D eigenvalue weighted by Crippen LogP contribution is 1.91. The highest BCUT2D eigenvalue weighted by Gasteiger charge is 1.92. The maximum Gasteiger partial charge on any atom is 0.216 e. The van der Waals surface area contributed by atoms with E-state index in [4.69, 9.17) is 12.2 Å². The number of nitrogens with one attached hydrogen (secondary N) is 1. The van der Waals surface area contributed by atoms with Crippen molar-refractivity contribution in [2.75, 3.05) is 0 Å². The van der Waals surface area contributed by atoms with Crippen molar-refractivity contribution in [1.82, 2.24) is 24.8 Å². The van der Waals surface area contributed by atoms with Crippen LogP contribution < -0.4 is 0 Å². The minimum Gasteiger partial charge on any atom is -0.252 e. The van der Waals surface area contributed by atoms with Crippen molar-refractivity contribution in [2.45, 2.75) is 0 Å². The Balaban J connectivity index is 3.09. The summed E-state index contributed by atoms with van der Waals surface area (Å²) in [6, 6.07) is 0. The molecule has 0 radical (unpaired) electrons. The van der Waals surface area contributed by atoms with E-state index in [1.807, 2.05) is 0 Å². The predicted octanol–water partition coefficient (Wildman–Crippen LogP) is 0.182. The van der Waals surface area contributed by atoms with Crippen molar-refractivity contribution >= 4 is 17.9 Å². The average Bonchev–Trinajstić information content (AvgIpc) is 2.36. The molecule has 0 fully saturated rings. The number of aromatic nitrogens is 5. The fraction of sp³-hybridized carbons (Fsp3) is 0. The van der Waals surface area contributed by atoms with E-state index in [2.05, 4.69) is 20.3 Å². The van der Waals surface area contributed by atoms with Crippen molar-refractivity contribution in [3.63, 3.8) is 0 Å². The molecule has 50 valence electrons. The van der Waals surface area contributed by atoms with Crippen LogP contribution >= 0.6 is 12.2 Å². The van der Waals surface area contributed by atoms with Gasteiger partial charge in [0, 0.05) is 0 Å². The van der Waals surface area contributed by atoms with Crippen LogP contribution in [0.1, 0.15) is 0 Å². The van der Waals surface area contributed by atoms with Crippen LogP contribution in [0.4, 0.5) is 0 Å². The van der Waals surface area contributed by atoms with E-state index < -0.39 is 0 Å². The number of nitrogens with zero attached hydrogens (tertiary/aromatic N) is 4. The molecule has 0 aliphatic rings. The SMILES string of the molecule is S=c1[nH]ncc2ncnn12. The third-order valence-corrected chi connectivity index (χ3v) is 1.37. The minimum atomic E-state index is 0.454. The number of rotatable bonds is 0. The number of hydrogen-bond donors (Lipinski definition) is 1. The van der Waals surface area contributed by atoms with Crippen LogP contribution in [0.3, 0.4) is 0 Å². The fourth-order valence-electron chi connectivity index (χ4n) is 0.688. The van der Waals surface area contributed by atoms with Crippen molar-refractivity contribution in [1.29, 1.82) is 0 Å². The van der Waals surface area contributed by atoms with Gasteiger partial charge in [0.2, 0.25) is 4.77 Å². The van der Waals surface area contributed by atoms with Crippen LogP contribution in [-0.4, -0.2) is 24.8 Å². The Bertz CT molecular complexity index is 401. The Morgan fingerprint density at radius 2 is 2.50 bits per heavy atom. The molecule has 0 atom stereocenters. The molecule has 0 saturated heterocycles. The molecule has 0 amide bonds. The lowest BCUT2D eigenvalue weighted by Crippen LogP contribution is -1.93. The molecule has 2 rings (SSSR count). The molecule has 0 aliphatic carbocycles. The van der Waals surface area contributed by atoms with Gasteiger partial charge in [0.05, 0.1) is 6.20 Å². The summed E-state index contributed by atoms with van der Waals surface area (Å²) in [7, 11) is 0. The summed E-state index contributed by atoms with van der Waals surface area (Å²) in [5.74, 6) is 0. The van der Waals surface area contributed by atoms with E-state index in [0.717, 1.165) is 0 Å². The van der Waals surface area contributed by atoms with E-state index in [-0.39, 0.29) is 0 Å². The lowest BCUT2D eigenvalue weighted by atomic mass is 10.8. The van der Waals surface area contributed by atoms with Crippen LogP contribution in [0.2, 0.25) is 0 Å². The summed E-state index contributed by atoms with van der Waals surface area (Å²) >= 11 is 4.85.